The molecule has 0 spiro atoms. The minimum atomic E-state index is -3.67. The second kappa shape index (κ2) is 9.90. The van der Waals surface area contributed by atoms with Gasteiger partial charge in [0, 0.05) is 24.0 Å². The molecule has 0 aliphatic rings. The highest BCUT2D eigenvalue weighted by molar-refractivity contribution is 7.92. The molecular formula is C27H25N5O4S. The lowest BCUT2D eigenvalue weighted by atomic mass is 10.1. The Morgan fingerprint density at radius 1 is 0.973 bits per heavy atom. The standard InChI is InChI=1S/C27H25N5O4S/c1-18-4-13-24(14-19(18)2)37(33,34)31-22-9-5-20(6-10-22)15-32-16-25(28-17-32)27-29-26(30-36-27)21-7-11-23(35-3)12-8-21/h4-14,16-17,31H,15H2,1-3H3. The summed E-state index contributed by atoms with van der Waals surface area (Å²) in [5.74, 6) is 1.53. The van der Waals surface area contributed by atoms with E-state index in [4.69, 9.17) is 9.26 Å². The molecule has 0 atom stereocenters. The topological polar surface area (TPSA) is 112 Å². The van der Waals surface area contributed by atoms with E-state index in [9.17, 15) is 8.42 Å². The lowest BCUT2D eigenvalue weighted by molar-refractivity contribution is 0.414. The van der Waals surface area contributed by atoms with Crippen LogP contribution in [-0.2, 0) is 16.6 Å². The number of hydrogen-bond acceptors (Lipinski definition) is 7. The van der Waals surface area contributed by atoms with E-state index >= 15 is 0 Å². The predicted molar refractivity (Wildman–Crippen MR) is 140 cm³/mol. The number of aromatic nitrogens is 4. The van der Waals surface area contributed by atoms with Crippen molar-refractivity contribution in [1.82, 2.24) is 19.7 Å². The van der Waals surface area contributed by atoms with Gasteiger partial charge in [-0.25, -0.2) is 13.4 Å². The fourth-order valence-corrected chi connectivity index (χ4v) is 4.87. The molecule has 2 aromatic heterocycles. The zero-order valence-corrected chi connectivity index (χ0v) is 21.4. The first-order chi connectivity index (χ1) is 17.8. The Morgan fingerprint density at radius 2 is 1.73 bits per heavy atom. The summed E-state index contributed by atoms with van der Waals surface area (Å²) in [6.07, 6.45) is 3.50. The molecule has 0 saturated carbocycles. The third-order valence-corrected chi connectivity index (χ3v) is 7.37. The van der Waals surface area contributed by atoms with Gasteiger partial charge in [-0.15, -0.1) is 0 Å². The molecule has 9 nitrogen and oxygen atoms in total. The van der Waals surface area contributed by atoms with Gasteiger partial charge in [-0.1, -0.05) is 23.4 Å². The molecule has 10 heteroatoms. The van der Waals surface area contributed by atoms with Crippen LogP contribution in [0.3, 0.4) is 0 Å². The third kappa shape index (κ3) is 5.39. The van der Waals surface area contributed by atoms with E-state index in [0.717, 1.165) is 28.0 Å². The fraction of sp³-hybridized carbons (Fsp3) is 0.148. The lowest BCUT2D eigenvalue weighted by Crippen LogP contribution is -2.13. The molecule has 0 aliphatic carbocycles. The van der Waals surface area contributed by atoms with Crippen molar-refractivity contribution in [2.75, 3.05) is 11.8 Å². The van der Waals surface area contributed by atoms with E-state index in [1.807, 2.05) is 61.0 Å². The predicted octanol–water partition coefficient (Wildman–Crippen LogP) is 5.07. The molecule has 2 heterocycles. The Kier molecular flexibility index (Phi) is 6.49. The van der Waals surface area contributed by atoms with Crippen molar-refractivity contribution in [2.24, 2.45) is 0 Å². The Labute approximate surface area is 214 Å². The van der Waals surface area contributed by atoms with Crippen molar-refractivity contribution in [3.8, 4) is 28.7 Å². The minimum Gasteiger partial charge on any atom is -0.497 e. The summed E-state index contributed by atoms with van der Waals surface area (Å²) >= 11 is 0. The Morgan fingerprint density at radius 3 is 2.43 bits per heavy atom. The number of nitrogens with one attached hydrogen (secondary N) is 1. The Balaban J connectivity index is 1.25. The summed E-state index contributed by atoms with van der Waals surface area (Å²) in [7, 11) is -2.06. The minimum absolute atomic E-state index is 0.238. The van der Waals surface area contributed by atoms with E-state index in [-0.39, 0.29) is 4.90 Å². The number of methoxy groups -OCH3 is 1. The van der Waals surface area contributed by atoms with E-state index in [2.05, 4.69) is 19.8 Å². The Bertz CT molecular complexity index is 1640. The van der Waals surface area contributed by atoms with Crippen molar-refractivity contribution in [1.29, 1.82) is 0 Å². The quantitative estimate of drug-likeness (QED) is 0.307. The van der Waals surface area contributed by atoms with Crippen LogP contribution >= 0.6 is 0 Å². The molecule has 0 aliphatic heterocycles. The zero-order valence-electron chi connectivity index (χ0n) is 20.5. The first-order valence-electron chi connectivity index (χ1n) is 11.5. The summed E-state index contributed by atoms with van der Waals surface area (Å²) in [5, 5.41) is 4.05. The largest absolute Gasteiger partial charge is 0.497 e. The molecule has 5 aromatic rings. The number of anilines is 1. The van der Waals surface area contributed by atoms with Gasteiger partial charge in [-0.2, -0.15) is 4.98 Å². The first kappa shape index (κ1) is 24.3. The van der Waals surface area contributed by atoms with Gasteiger partial charge in [0.2, 0.25) is 5.82 Å². The smallest absolute Gasteiger partial charge is 0.278 e. The molecule has 0 unspecified atom stereocenters. The van der Waals surface area contributed by atoms with Gasteiger partial charge < -0.3 is 13.8 Å². The van der Waals surface area contributed by atoms with Crippen LogP contribution in [-0.4, -0.2) is 35.2 Å². The van der Waals surface area contributed by atoms with Crippen LogP contribution in [0.1, 0.15) is 16.7 Å². The molecule has 0 radical (unpaired) electrons. The van der Waals surface area contributed by atoms with Gasteiger partial charge in [-0.05, 0) is 79.1 Å². The van der Waals surface area contributed by atoms with Crippen LogP contribution in [0.5, 0.6) is 5.75 Å². The van der Waals surface area contributed by atoms with E-state index in [1.165, 1.54) is 0 Å². The molecule has 5 rings (SSSR count). The average molecular weight is 516 g/mol. The second-order valence-electron chi connectivity index (χ2n) is 8.63. The summed E-state index contributed by atoms with van der Waals surface area (Å²) in [4.78, 5) is 9.07. The number of aryl methyl sites for hydroxylation is 2. The van der Waals surface area contributed by atoms with Crippen molar-refractivity contribution in [3.63, 3.8) is 0 Å². The number of hydrogen-bond donors (Lipinski definition) is 1. The van der Waals surface area contributed by atoms with Gasteiger partial charge in [0.05, 0.1) is 18.3 Å². The van der Waals surface area contributed by atoms with Crippen LogP contribution in [0.2, 0.25) is 0 Å². The molecule has 188 valence electrons. The van der Waals surface area contributed by atoms with Gasteiger partial charge in [0.25, 0.3) is 15.9 Å². The number of nitrogens with zero attached hydrogens (tertiary/aromatic N) is 4. The molecule has 0 bridgehead atoms. The second-order valence-corrected chi connectivity index (χ2v) is 10.3. The Hall–Kier alpha value is -4.44. The molecule has 37 heavy (non-hydrogen) atoms. The highest BCUT2D eigenvalue weighted by Gasteiger charge is 2.16. The van der Waals surface area contributed by atoms with Gasteiger partial charge in [-0.3, -0.25) is 4.72 Å². The van der Waals surface area contributed by atoms with E-state index < -0.39 is 10.0 Å². The summed E-state index contributed by atoms with van der Waals surface area (Å²) in [5.41, 5.74) is 4.80. The van der Waals surface area contributed by atoms with Crippen molar-refractivity contribution < 1.29 is 17.7 Å². The SMILES string of the molecule is COc1ccc(-c2noc(-c3cn(Cc4ccc(NS(=O)(=O)c5ccc(C)c(C)c5)cc4)cn3)n2)cc1. The monoisotopic (exact) mass is 515 g/mol. The van der Waals surface area contributed by atoms with E-state index in [1.54, 1.807) is 43.8 Å². The van der Waals surface area contributed by atoms with Crippen LogP contribution in [0.4, 0.5) is 5.69 Å². The van der Waals surface area contributed by atoms with E-state index in [0.29, 0.717) is 29.6 Å². The molecular weight excluding hydrogens is 490 g/mol. The van der Waals surface area contributed by atoms with Crippen LogP contribution in [0.15, 0.2) is 88.7 Å². The summed E-state index contributed by atoms with van der Waals surface area (Å²) in [6, 6.07) is 19.7. The number of ether oxygens (including phenoxy) is 1. The fourth-order valence-electron chi connectivity index (χ4n) is 3.73. The summed E-state index contributed by atoms with van der Waals surface area (Å²) in [6.45, 7) is 4.38. The van der Waals surface area contributed by atoms with Gasteiger partial charge >= 0.3 is 0 Å². The first-order valence-corrected chi connectivity index (χ1v) is 13.0. The number of imidazole rings is 1. The normalized spacial score (nSPS) is 11.4. The molecule has 1 N–H and O–H groups in total. The molecule has 0 amide bonds. The van der Waals surface area contributed by atoms with Crippen LogP contribution in [0, 0.1) is 13.8 Å². The number of rotatable bonds is 8. The van der Waals surface area contributed by atoms with Crippen molar-refractivity contribution in [3.05, 3.63) is 95.9 Å². The highest BCUT2D eigenvalue weighted by atomic mass is 32.2. The summed E-state index contributed by atoms with van der Waals surface area (Å²) < 4.78 is 40.6. The van der Waals surface area contributed by atoms with Crippen molar-refractivity contribution >= 4 is 15.7 Å². The molecule has 0 saturated heterocycles. The zero-order chi connectivity index (χ0) is 26.0. The highest BCUT2D eigenvalue weighted by Crippen LogP contribution is 2.24. The number of sulfonamides is 1. The number of benzene rings is 3. The molecule has 0 fully saturated rings. The maximum atomic E-state index is 12.8. The molecule has 3 aromatic carbocycles. The van der Waals surface area contributed by atoms with Crippen LogP contribution in [0.25, 0.3) is 23.0 Å². The van der Waals surface area contributed by atoms with Gasteiger partial charge in [0.15, 0.2) is 0 Å². The van der Waals surface area contributed by atoms with Crippen LogP contribution < -0.4 is 9.46 Å². The maximum absolute atomic E-state index is 12.8. The maximum Gasteiger partial charge on any atom is 0.278 e. The lowest BCUT2D eigenvalue weighted by Gasteiger charge is -2.10. The third-order valence-electron chi connectivity index (χ3n) is 5.99. The van der Waals surface area contributed by atoms with Gasteiger partial charge in [0.1, 0.15) is 11.4 Å². The average Bonchev–Trinajstić information content (AvgIpc) is 3.57. The van der Waals surface area contributed by atoms with Crippen molar-refractivity contribution in [2.45, 2.75) is 25.3 Å².